The van der Waals surface area contributed by atoms with Crippen LogP contribution in [0.3, 0.4) is 0 Å². The van der Waals surface area contributed by atoms with Crippen LogP contribution in [0, 0.1) is 5.82 Å². The molecule has 41 heavy (non-hydrogen) atoms. The molecule has 1 unspecified atom stereocenters. The molecule has 1 aliphatic rings. The summed E-state index contributed by atoms with van der Waals surface area (Å²) in [6, 6.07) is 4.50. The van der Waals surface area contributed by atoms with Crippen LogP contribution in [0.2, 0.25) is 5.02 Å². The van der Waals surface area contributed by atoms with Gasteiger partial charge in [-0.1, -0.05) is 68.2 Å². The molecular formula is C33H43Cl2FN3OP. The molecule has 0 bridgehead atoms. The average Bonchev–Trinajstić information content (AvgIpc) is 3.46. The second kappa shape index (κ2) is 21.3. The molecule has 0 aliphatic carbocycles. The Labute approximate surface area is 257 Å². The number of halogens is 3. The third-order valence-electron chi connectivity index (χ3n) is 6.17. The number of likely N-dealkylation sites (tertiary alicyclic amines) is 1. The second-order valence-corrected chi connectivity index (χ2v) is 11.7. The summed E-state index contributed by atoms with van der Waals surface area (Å²) in [6.07, 6.45) is 25.3. The number of benzene rings is 1. The summed E-state index contributed by atoms with van der Waals surface area (Å²) in [5, 5.41) is 4.43. The molecule has 1 saturated heterocycles. The Hall–Kier alpha value is -2.43. The highest BCUT2D eigenvalue weighted by molar-refractivity contribution is 7.39. The molecule has 1 fully saturated rings. The van der Waals surface area contributed by atoms with E-state index < -0.39 is 5.82 Å². The number of hydrogen-bond donors (Lipinski definition) is 1. The predicted octanol–water partition coefficient (Wildman–Crippen LogP) is 9.28. The van der Waals surface area contributed by atoms with Gasteiger partial charge < -0.3 is 15.0 Å². The zero-order valence-corrected chi connectivity index (χ0v) is 26.7. The maximum atomic E-state index is 13.8. The van der Waals surface area contributed by atoms with E-state index in [0.29, 0.717) is 22.0 Å². The van der Waals surface area contributed by atoms with Crippen molar-refractivity contribution in [2.45, 2.75) is 46.1 Å². The van der Waals surface area contributed by atoms with Crippen LogP contribution in [0.4, 0.5) is 4.39 Å². The van der Waals surface area contributed by atoms with E-state index in [1.165, 1.54) is 44.0 Å². The minimum absolute atomic E-state index is 0.108. The lowest BCUT2D eigenvalue weighted by Gasteiger charge is -2.12. The quantitative estimate of drug-likeness (QED) is 0.0586. The number of hydrogen-bond acceptors (Lipinski definition) is 4. The highest BCUT2D eigenvalue weighted by Crippen LogP contribution is 2.18. The summed E-state index contributed by atoms with van der Waals surface area (Å²) >= 11 is 12.1. The van der Waals surface area contributed by atoms with Crippen molar-refractivity contribution in [1.29, 1.82) is 0 Å². The number of nitrogens with one attached hydrogen (secondary N) is 1. The Bertz CT molecular complexity index is 1170. The SMILES string of the molecule is C=C/C=C(/C/C(C)=C/C(Cl)=C\C=C\OCc1ccc(Cl)cc1F)N=CCPCNC(/C=C\CCN1CCCC1)=C/C. The van der Waals surface area contributed by atoms with Crippen LogP contribution in [0.15, 0.2) is 107 Å². The van der Waals surface area contributed by atoms with Crippen LogP contribution in [0.5, 0.6) is 0 Å². The van der Waals surface area contributed by atoms with Crippen molar-refractivity contribution < 1.29 is 9.13 Å². The third kappa shape index (κ3) is 16.0. The van der Waals surface area contributed by atoms with E-state index >= 15 is 0 Å². The largest absolute Gasteiger partial charge is 0.496 e. The number of aliphatic imine (C=N–C) groups is 1. The Morgan fingerprint density at radius 3 is 2.80 bits per heavy atom. The zero-order chi connectivity index (χ0) is 29.7. The number of ether oxygens (including phenoxy) is 1. The number of rotatable bonds is 18. The van der Waals surface area contributed by atoms with Gasteiger partial charge in [0.25, 0.3) is 0 Å². The summed E-state index contributed by atoms with van der Waals surface area (Å²) in [7, 11) is 0.733. The summed E-state index contributed by atoms with van der Waals surface area (Å²) in [4.78, 5) is 7.20. The van der Waals surface area contributed by atoms with Crippen molar-refractivity contribution in [3.05, 3.63) is 118 Å². The first-order valence-electron chi connectivity index (χ1n) is 14.0. The molecule has 222 valence electrons. The first-order valence-corrected chi connectivity index (χ1v) is 16.2. The molecule has 2 rings (SSSR count). The molecule has 1 aliphatic heterocycles. The van der Waals surface area contributed by atoms with Gasteiger partial charge in [-0.15, -0.1) is 0 Å². The fraction of sp³-hybridized carbons (Fsp3) is 0.364. The molecule has 4 nitrogen and oxygen atoms in total. The first kappa shape index (κ1) is 34.8. The summed E-state index contributed by atoms with van der Waals surface area (Å²) in [6.45, 7) is 11.7. The second-order valence-electron chi connectivity index (χ2n) is 9.59. The minimum atomic E-state index is -0.393. The van der Waals surface area contributed by atoms with Crippen LogP contribution >= 0.6 is 31.8 Å². The van der Waals surface area contributed by atoms with Crippen molar-refractivity contribution in [3.8, 4) is 0 Å². The van der Waals surface area contributed by atoms with E-state index in [0.717, 1.165) is 45.3 Å². The average molecular weight is 619 g/mol. The summed E-state index contributed by atoms with van der Waals surface area (Å²) in [5.74, 6) is -0.393. The van der Waals surface area contributed by atoms with Crippen molar-refractivity contribution >= 4 is 38.0 Å². The fourth-order valence-corrected chi connectivity index (χ4v) is 5.17. The van der Waals surface area contributed by atoms with Gasteiger partial charge in [-0.3, -0.25) is 4.99 Å². The lowest BCUT2D eigenvalue weighted by molar-refractivity contribution is 0.232. The Kier molecular flexibility index (Phi) is 18.1. The summed E-state index contributed by atoms with van der Waals surface area (Å²) < 4.78 is 19.2. The molecule has 1 atom stereocenters. The molecule has 1 aromatic carbocycles. The van der Waals surface area contributed by atoms with Gasteiger partial charge in [-0.2, -0.15) is 0 Å². The van der Waals surface area contributed by atoms with E-state index in [1.807, 2.05) is 25.3 Å². The number of nitrogens with zero attached hydrogens (tertiary/aromatic N) is 2. The smallest absolute Gasteiger partial charge is 0.131 e. The fourth-order valence-electron chi connectivity index (χ4n) is 4.06. The molecule has 0 radical (unpaired) electrons. The molecule has 1 heterocycles. The Balaban J connectivity index is 1.70. The van der Waals surface area contributed by atoms with Crippen LogP contribution in [-0.2, 0) is 11.3 Å². The van der Waals surface area contributed by atoms with Gasteiger partial charge >= 0.3 is 0 Å². The maximum Gasteiger partial charge on any atom is 0.131 e. The molecule has 0 aromatic heterocycles. The monoisotopic (exact) mass is 617 g/mol. The van der Waals surface area contributed by atoms with Gasteiger partial charge in [0.2, 0.25) is 0 Å². The van der Waals surface area contributed by atoms with E-state index in [9.17, 15) is 4.39 Å². The molecule has 0 saturated carbocycles. The van der Waals surface area contributed by atoms with E-state index in [4.69, 9.17) is 27.9 Å². The summed E-state index contributed by atoms with van der Waals surface area (Å²) in [5.41, 5.74) is 3.59. The van der Waals surface area contributed by atoms with E-state index in [-0.39, 0.29) is 6.61 Å². The van der Waals surface area contributed by atoms with Crippen molar-refractivity contribution in [3.63, 3.8) is 0 Å². The molecule has 1 N–H and O–H groups in total. The predicted molar refractivity (Wildman–Crippen MR) is 179 cm³/mol. The van der Waals surface area contributed by atoms with Crippen LogP contribution in [0.1, 0.15) is 45.1 Å². The Morgan fingerprint density at radius 2 is 2.07 bits per heavy atom. The third-order valence-corrected chi connectivity index (χ3v) is 7.54. The molecule has 1 aromatic rings. The van der Waals surface area contributed by atoms with Gasteiger partial charge in [0.15, 0.2) is 0 Å². The highest BCUT2D eigenvalue weighted by Gasteiger charge is 2.09. The molecule has 8 heteroatoms. The van der Waals surface area contributed by atoms with Crippen LogP contribution < -0.4 is 5.32 Å². The van der Waals surface area contributed by atoms with Gasteiger partial charge in [0.1, 0.15) is 12.4 Å². The molecule has 0 spiro atoms. The molecule has 0 amide bonds. The topological polar surface area (TPSA) is 36.9 Å². The standard InChI is InChI=1S/C33H43Cl2FN3OP/c1-4-11-32(37-16-21-41-26-38-31(5-2)13-6-7-17-39-18-8-9-19-39)23-27(3)22-29(34)12-10-20-40-25-28-14-15-30(35)24-33(28)36/h4-6,10-16,20,22,24,38,41H,1,7-9,17-19,21,23,25-26H2,2-3H3/b13-6-,20-10+,27-22+,29-12+,31-5+,32-11-,37-16?. The maximum absolute atomic E-state index is 13.8. The van der Waals surface area contributed by atoms with Crippen molar-refractivity contribution in [1.82, 2.24) is 10.2 Å². The van der Waals surface area contributed by atoms with Gasteiger partial charge in [-0.05, 0) is 88.7 Å². The Morgan fingerprint density at radius 1 is 1.27 bits per heavy atom. The normalized spacial score (nSPS) is 16.3. The van der Waals surface area contributed by atoms with Gasteiger partial charge in [-0.25, -0.2) is 4.39 Å². The lowest BCUT2D eigenvalue weighted by atomic mass is 10.1. The van der Waals surface area contributed by atoms with Gasteiger partial charge in [0, 0.05) is 58.6 Å². The van der Waals surface area contributed by atoms with Crippen LogP contribution in [0.25, 0.3) is 0 Å². The van der Waals surface area contributed by atoms with E-state index in [1.54, 1.807) is 30.4 Å². The van der Waals surface area contributed by atoms with Crippen LogP contribution in [-0.4, -0.2) is 43.2 Å². The lowest BCUT2D eigenvalue weighted by Crippen LogP contribution is -2.19. The molecular weight excluding hydrogens is 575 g/mol. The van der Waals surface area contributed by atoms with Crippen molar-refractivity contribution in [2.24, 2.45) is 4.99 Å². The van der Waals surface area contributed by atoms with Gasteiger partial charge in [0.05, 0.1) is 6.26 Å². The van der Waals surface area contributed by atoms with E-state index in [2.05, 4.69) is 46.9 Å². The minimum Gasteiger partial charge on any atom is -0.496 e. The highest BCUT2D eigenvalue weighted by atomic mass is 35.5. The van der Waals surface area contributed by atoms with Crippen molar-refractivity contribution in [2.75, 3.05) is 32.1 Å². The first-order chi connectivity index (χ1) is 19.9. The number of allylic oxidation sites excluding steroid dienone is 9. The zero-order valence-electron chi connectivity index (χ0n) is 24.2.